The van der Waals surface area contributed by atoms with Gasteiger partial charge in [0.15, 0.2) is 0 Å². The molecule has 0 radical (unpaired) electrons. The molecule has 1 aliphatic heterocycles. The van der Waals surface area contributed by atoms with E-state index in [9.17, 15) is 4.79 Å². The zero-order valence-corrected chi connectivity index (χ0v) is 17.3. The number of imidazole rings is 1. The second kappa shape index (κ2) is 8.90. The Labute approximate surface area is 176 Å². The first-order valence-electron chi connectivity index (χ1n) is 10.2. The molecule has 3 aromatic heterocycles. The lowest BCUT2D eigenvalue weighted by atomic mass is 9.93. The van der Waals surface area contributed by atoms with E-state index in [4.69, 9.17) is 4.98 Å². The number of amides is 1. The molecule has 1 saturated heterocycles. The first-order valence-corrected chi connectivity index (χ1v) is 10.2. The maximum absolute atomic E-state index is 12.6. The van der Waals surface area contributed by atoms with Crippen molar-refractivity contribution < 1.29 is 4.79 Å². The van der Waals surface area contributed by atoms with Crippen LogP contribution in [0.4, 0.5) is 11.5 Å². The zero-order valence-electron chi connectivity index (χ0n) is 17.3. The van der Waals surface area contributed by atoms with Gasteiger partial charge in [-0.1, -0.05) is 6.07 Å². The first-order chi connectivity index (χ1) is 14.6. The number of carbonyl (C=O) groups is 1. The lowest BCUT2D eigenvalue weighted by Crippen LogP contribution is -2.38. The number of nitrogens with one attached hydrogen (secondary N) is 2. The number of piperidine rings is 1. The summed E-state index contributed by atoms with van der Waals surface area (Å²) in [7, 11) is 0. The second-order valence-electron chi connectivity index (χ2n) is 7.67. The molecule has 4 heterocycles. The van der Waals surface area contributed by atoms with Gasteiger partial charge in [-0.05, 0) is 57.0 Å². The van der Waals surface area contributed by atoms with Crippen LogP contribution in [0.1, 0.15) is 41.5 Å². The number of anilines is 2. The summed E-state index contributed by atoms with van der Waals surface area (Å²) in [5.74, 6) is 1.05. The van der Waals surface area contributed by atoms with Crippen molar-refractivity contribution in [2.75, 3.05) is 18.4 Å². The summed E-state index contributed by atoms with van der Waals surface area (Å²) in [5.41, 5.74) is 4.72. The topological polar surface area (TPSA) is 86.8 Å². The van der Waals surface area contributed by atoms with Crippen molar-refractivity contribution in [1.29, 1.82) is 0 Å². The Kier molecular flexibility index (Phi) is 5.88. The monoisotopic (exact) mass is 402 g/mol. The Morgan fingerprint density at radius 3 is 2.93 bits per heavy atom. The van der Waals surface area contributed by atoms with Gasteiger partial charge in [0.25, 0.3) is 0 Å². The summed E-state index contributed by atoms with van der Waals surface area (Å²) in [5, 5.41) is 3.38. The number of rotatable bonds is 5. The third kappa shape index (κ3) is 4.92. The minimum absolute atomic E-state index is 0.0178. The van der Waals surface area contributed by atoms with Crippen LogP contribution in [-0.2, 0) is 4.79 Å². The van der Waals surface area contributed by atoms with Crippen molar-refractivity contribution in [3.8, 4) is 0 Å². The Balaban J connectivity index is 1.47. The predicted molar refractivity (Wildman–Crippen MR) is 117 cm³/mol. The summed E-state index contributed by atoms with van der Waals surface area (Å²) < 4.78 is 0. The highest BCUT2D eigenvalue weighted by Crippen LogP contribution is 2.28. The second-order valence-corrected chi connectivity index (χ2v) is 7.67. The van der Waals surface area contributed by atoms with Gasteiger partial charge >= 0.3 is 0 Å². The Morgan fingerprint density at radius 1 is 1.23 bits per heavy atom. The highest BCUT2D eigenvalue weighted by atomic mass is 16.2. The SMILES string of the molecule is Cc1cccc(Nc2cc(C)nc([C@H]3CCCN(C(=O)/C=C/c4cnc[nH]4)C3)c2)n1. The molecule has 4 rings (SSSR count). The van der Waals surface area contributed by atoms with Gasteiger partial charge in [-0.2, -0.15) is 0 Å². The maximum atomic E-state index is 12.6. The summed E-state index contributed by atoms with van der Waals surface area (Å²) in [6.07, 6.45) is 8.65. The van der Waals surface area contributed by atoms with Crippen molar-refractivity contribution in [2.24, 2.45) is 0 Å². The van der Waals surface area contributed by atoms with Crippen LogP contribution in [0.2, 0.25) is 0 Å². The van der Waals surface area contributed by atoms with Crippen LogP contribution >= 0.6 is 0 Å². The average molecular weight is 403 g/mol. The predicted octanol–water partition coefficient (Wildman–Crippen LogP) is 3.98. The van der Waals surface area contributed by atoms with Gasteiger partial charge in [-0.15, -0.1) is 0 Å². The molecule has 1 fully saturated rings. The third-order valence-electron chi connectivity index (χ3n) is 5.21. The number of nitrogens with zero attached hydrogens (tertiary/aromatic N) is 4. The normalized spacial score (nSPS) is 16.7. The molecule has 1 aliphatic rings. The molecule has 0 bridgehead atoms. The van der Waals surface area contributed by atoms with Crippen molar-refractivity contribution in [1.82, 2.24) is 24.8 Å². The number of likely N-dealkylation sites (tertiary alicyclic amines) is 1. The largest absolute Gasteiger partial charge is 0.345 e. The molecule has 154 valence electrons. The maximum Gasteiger partial charge on any atom is 0.246 e. The highest BCUT2D eigenvalue weighted by Gasteiger charge is 2.25. The van der Waals surface area contributed by atoms with E-state index in [0.29, 0.717) is 6.54 Å². The fourth-order valence-electron chi connectivity index (χ4n) is 3.78. The van der Waals surface area contributed by atoms with E-state index in [1.54, 1.807) is 24.7 Å². The molecular formula is C23H26N6O. The van der Waals surface area contributed by atoms with Gasteiger partial charge in [0.2, 0.25) is 5.91 Å². The molecule has 30 heavy (non-hydrogen) atoms. The number of pyridine rings is 2. The van der Waals surface area contributed by atoms with Gasteiger partial charge < -0.3 is 15.2 Å². The molecular weight excluding hydrogens is 376 g/mol. The minimum atomic E-state index is 0.0178. The summed E-state index contributed by atoms with van der Waals surface area (Å²) in [6.45, 7) is 5.41. The molecule has 1 amide bonds. The van der Waals surface area contributed by atoms with Crippen LogP contribution < -0.4 is 5.32 Å². The number of carbonyl (C=O) groups excluding carboxylic acids is 1. The van der Waals surface area contributed by atoms with E-state index in [1.165, 1.54) is 0 Å². The van der Waals surface area contributed by atoms with Gasteiger partial charge in [-0.25, -0.2) is 9.97 Å². The fourth-order valence-corrected chi connectivity index (χ4v) is 3.78. The van der Waals surface area contributed by atoms with Crippen LogP contribution in [0.5, 0.6) is 0 Å². The fraction of sp³-hybridized carbons (Fsp3) is 0.304. The van der Waals surface area contributed by atoms with Gasteiger partial charge in [0.1, 0.15) is 5.82 Å². The van der Waals surface area contributed by atoms with Crippen LogP contribution in [0.25, 0.3) is 6.08 Å². The number of aromatic amines is 1. The smallest absolute Gasteiger partial charge is 0.246 e. The van der Waals surface area contributed by atoms with Crippen molar-refractivity contribution in [3.63, 3.8) is 0 Å². The number of hydrogen-bond donors (Lipinski definition) is 2. The van der Waals surface area contributed by atoms with Crippen LogP contribution in [-0.4, -0.2) is 43.8 Å². The summed E-state index contributed by atoms with van der Waals surface area (Å²) >= 11 is 0. The number of H-pyrrole nitrogens is 1. The molecule has 0 aliphatic carbocycles. The summed E-state index contributed by atoms with van der Waals surface area (Å²) in [6, 6.07) is 10.0. The van der Waals surface area contributed by atoms with Crippen molar-refractivity contribution in [3.05, 3.63) is 71.7 Å². The average Bonchev–Trinajstić information content (AvgIpc) is 3.25. The minimum Gasteiger partial charge on any atom is -0.345 e. The Morgan fingerprint density at radius 2 is 2.13 bits per heavy atom. The molecule has 7 heteroatoms. The van der Waals surface area contributed by atoms with Crippen LogP contribution in [0.3, 0.4) is 0 Å². The third-order valence-corrected chi connectivity index (χ3v) is 5.21. The van der Waals surface area contributed by atoms with Gasteiger partial charge in [-0.3, -0.25) is 9.78 Å². The van der Waals surface area contributed by atoms with Gasteiger partial charge in [0, 0.05) is 47.9 Å². The standard InChI is InChI=1S/C23H26N6O/c1-16-5-3-7-22(27-16)28-20-11-17(2)26-21(12-20)18-6-4-10-29(14-18)23(30)9-8-19-13-24-15-25-19/h3,5,7-9,11-13,15,18H,4,6,10,14H2,1-2H3,(H,24,25)(H,26,27,28)/b9-8+/t18-/m0/s1. The van der Waals surface area contributed by atoms with E-state index in [0.717, 1.165) is 53.7 Å². The summed E-state index contributed by atoms with van der Waals surface area (Å²) in [4.78, 5) is 30.8. The van der Waals surface area contributed by atoms with Crippen LogP contribution in [0, 0.1) is 13.8 Å². The highest BCUT2D eigenvalue weighted by molar-refractivity contribution is 5.91. The zero-order chi connectivity index (χ0) is 20.9. The van der Waals surface area contributed by atoms with E-state index < -0.39 is 0 Å². The van der Waals surface area contributed by atoms with E-state index in [1.807, 2.05) is 43.0 Å². The Bertz CT molecular complexity index is 1040. The number of aromatic nitrogens is 4. The molecule has 0 unspecified atom stereocenters. The molecule has 0 aromatic carbocycles. The molecule has 7 nitrogen and oxygen atoms in total. The molecule has 3 aromatic rings. The number of aryl methyl sites for hydroxylation is 2. The molecule has 1 atom stereocenters. The molecule has 0 spiro atoms. The van der Waals surface area contributed by atoms with Gasteiger partial charge in [0.05, 0.1) is 18.2 Å². The van der Waals surface area contributed by atoms with Crippen LogP contribution in [0.15, 0.2) is 48.9 Å². The molecule has 2 N–H and O–H groups in total. The van der Waals surface area contributed by atoms with E-state index in [-0.39, 0.29) is 11.8 Å². The van der Waals surface area contributed by atoms with Crippen molar-refractivity contribution >= 4 is 23.5 Å². The van der Waals surface area contributed by atoms with E-state index in [2.05, 4.69) is 26.3 Å². The van der Waals surface area contributed by atoms with Crippen molar-refractivity contribution in [2.45, 2.75) is 32.6 Å². The quantitative estimate of drug-likeness (QED) is 0.631. The number of hydrogen-bond acceptors (Lipinski definition) is 5. The lowest BCUT2D eigenvalue weighted by molar-refractivity contribution is -0.127. The first kappa shape index (κ1) is 19.8. The van der Waals surface area contributed by atoms with E-state index >= 15 is 0 Å². The Hall–Kier alpha value is -3.48. The molecule has 0 saturated carbocycles. The lowest BCUT2D eigenvalue weighted by Gasteiger charge is -2.32.